The Morgan fingerprint density at radius 2 is 1.92 bits per heavy atom. The van der Waals surface area contributed by atoms with Gasteiger partial charge in [0.15, 0.2) is 0 Å². The number of fused-ring (bicyclic) bond motifs is 1. The van der Waals surface area contributed by atoms with Crippen molar-refractivity contribution in [3.63, 3.8) is 0 Å². The van der Waals surface area contributed by atoms with E-state index < -0.39 is 15.9 Å². The average molecular weight is 370 g/mol. The largest absolute Gasteiger partial charge is 0.366 e. The Labute approximate surface area is 151 Å². The van der Waals surface area contributed by atoms with Crippen molar-refractivity contribution in [2.75, 3.05) is 10.6 Å². The Bertz CT molecular complexity index is 1050. The summed E-state index contributed by atoms with van der Waals surface area (Å²) in [6, 6.07) is 13.8. The number of nitrogens with one attached hydrogen (secondary N) is 2. The molecule has 0 aliphatic heterocycles. The number of rotatable bonds is 7. The molecule has 0 aliphatic rings. The summed E-state index contributed by atoms with van der Waals surface area (Å²) in [6.45, 7) is 0.297. The lowest BCUT2D eigenvalue weighted by Gasteiger charge is -2.10. The van der Waals surface area contributed by atoms with Gasteiger partial charge in [0.2, 0.25) is 15.9 Å². The second-order valence-corrected chi connectivity index (χ2v) is 7.51. The predicted octanol–water partition coefficient (Wildman–Crippen LogP) is 1.82. The lowest BCUT2D eigenvalue weighted by atomic mass is 10.1. The highest BCUT2D eigenvalue weighted by Crippen LogP contribution is 2.18. The monoisotopic (exact) mass is 370 g/mol. The third-order valence-corrected chi connectivity index (χ3v) is 4.88. The van der Waals surface area contributed by atoms with Crippen molar-refractivity contribution in [1.82, 2.24) is 10.3 Å². The quantitative estimate of drug-likeness (QED) is 0.587. The molecule has 0 saturated carbocycles. The predicted molar refractivity (Wildman–Crippen MR) is 101 cm³/mol. The van der Waals surface area contributed by atoms with Gasteiger partial charge in [-0.3, -0.25) is 19.8 Å². The topological polar surface area (TPSA) is 114 Å². The molecule has 1 aromatic heterocycles. The molecule has 2 aromatic carbocycles. The van der Waals surface area contributed by atoms with Gasteiger partial charge in [-0.05, 0) is 41.3 Å². The molecule has 0 atom stereocenters. The van der Waals surface area contributed by atoms with Gasteiger partial charge in [-0.15, -0.1) is 0 Å². The molecule has 0 aliphatic carbocycles. The molecule has 7 nitrogen and oxygen atoms in total. The van der Waals surface area contributed by atoms with E-state index in [1.54, 1.807) is 48.8 Å². The number of aromatic nitrogens is 1. The van der Waals surface area contributed by atoms with Gasteiger partial charge in [0, 0.05) is 35.6 Å². The Morgan fingerprint density at radius 3 is 2.73 bits per heavy atom. The van der Waals surface area contributed by atoms with E-state index >= 15 is 0 Å². The summed E-state index contributed by atoms with van der Waals surface area (Å²) in [5.41, 5.74) is 6.88. The Kier molecular flexibility index (Phi) is 5.15. The molecular weight excluding hydrogens is 352 g/mol. The van der Waals surface area contributed by atoms with Gasteiger partial charge in [-0.1, -0.05) is 18.2 Å². The zero-order valence-corrected chi connectivity index (χ0v) is 14.7. The molecule has 3 aromatic rings. The molecule has 134 valence electrons. The van der Waals surface area contributed by atoms with E-state index in [-0.39, 0.29) is 5.88 Å². The van der Waals surface area contributed by atoms with Crippen molar-refractivity contribution in [3.05, 3.63) is 72.1 Å². The number of anilines is 1. The van der Waals surface area contributed by atoms with Crippen LogP contribution in [0.3, 0.4) is 0 Å². The molecule has 0 bridgehead atoms. The molecule has 26 heavy (non-hydrogen) atoms. The van der Waals surface area contributed by atoms with Crippen LogP contribution in [0.4, 0.5) is 5.69 Å². The first-order valence-electron chi connectivity index (χ1n) is 7.87. The van der Waals surface area contributed by atoms with Crippen molar-refractivity contribution >= 4 is 32.4 Å². The van der Waals surface area contributed by atoms with Gasteiger partial charge in [0.05, 0.1) is 0 Å². The van der Waals surface area contributed by atoms with Gasteiger partial charge < -0.3 is 5.73 Å². The summed E-state index contributed by atoms with van der Waals surface area (Å²) in [4.78, 5) is 15.2. The van der Waals surface area contributed by atoms with Gasteiger partial charge in [-0.2, -0.15) is 0 Å². The van der Waals surface area contributed by atoms with Gasteiger partial charge in [-0.25, -0.2) is 8.42 Å². The molecule has 0 saturated heterocycles. The van der Waals surface area contributed by atoms with Crippen LogP contribution in [0.5, 0.6) is 0 Å². The highest BCUT2D eigenvalue weighted by molar-refractivity contribution is 7.92. The lowest BCUT2D eigenvalue weighted by molar-refractivity contribution is 0.1000. The molecule has 0 spiro atoms. The Balaban J connectivity index is 1.61. The summed E-state index contributed by atoms with van der Waals surface area (Å²) in [6.07, 6.45) is 3.37. The minimum atomic E-state index is -3.57. The summed E-state index contributed by atoms with van der Waals surface area (Å²) in [5, 5.41) is 4.69. The SMILES string of the molecule is NC(=O)c1cccc(CNCS(=O)(=O)Nc2ccc3cnccc3c2)c1. The zero-order valence-electron chi connectivity index (χ0n) is 13.8. The Morgan fingerprint density at radius 1 is 1.08 bits per heavy atom. The molecule has 0 radical (unpaired) electrons. The molecule has 8 heteroatoms. The van der Waals surface area contributed by atoms with Crippen molar-refractivity contribution in [3.8, 4) is 0 Å². The number of hydrogen-bond acceptors (Lipinski definition) is 5. The number of carbonyl (C=O) groups is 1. The minimum Gasteiger partial charge on any atom is -0.366 e. The van der Waals surface area contributed by atoms with E-state index in [1.165, 1.54) is 0 Å². The number of benzene rings is 2. The lowest BCUT2D eigenvalue weighted by Crippen LogP contribution is -2.27. The first-order chi connectivity index (χ1) is 12.4. The molecule has 0 unspecified atom stereocenters. The first kappa shape index (κ1) is 17.8. The summed E-state index contributed by atoms with van der Waals surface area (Å²) < 4.78 is 27.0. The standard InChI is InChI=1S/C18H18N4O3S/c19-18(23)15-3-1-2-13(8-15)10-21-12-26(24,25)22-17-5-4-16-11-20-7-6-14(16)9-17/h1-9,11,21-22H,10,12H2,(H2,19,23). The molecule has 1 amide bonds. The van der Waals surface area contributed by atoms with Crippen molar-refractivity contribution in [2.24, 2.45) is 5.73 Å². The number of amides is 1. The number of primary amides is 1. The highest BCUT2D eigenvalue weighted by atomic mass is 32.2. The van der Waals surface area contributed by atoms with Crippen LogP contribution in [-0.4, -0.2) is 25.2 Å². The van der Waals surface area contributed by atoms with Crippen LogP contribution in [-0.2, 0) is 16.6 Å². The number of nitrogens with two attached hydrogens (primary N) is 1. The maximum atomic E-state index is 12.2. The number of pyridine rings is 1. The van der Waals surface area contributed by atoms with E-state index in [4.69, 9.17) is 5.73 Å². The third kappa shape index (κ3) is 4.56. The number of sulfonamides is 1. The molecule has 0 fully saturated rings. The fourth-order valence-corrected chi connectivity index (χ4v) is 3.46. The summed E-state index contributed by atoms with van der Waals surface area (Å²) >= 11 is 0. The summed E-state index contributed by atoms with van der Waals surface area (Å²) in [7, 11) is -3.57. The Hall–Kier alpha value is -2.97. The van der Waals surface area contributed by atoms with Crippen LogP contribution in [0.1, 0.15) is 15.9 Å². The fraction of sp³-hybridized carbons (Fsp3) is 0.111. The van der Waals surface area contributed by atoms with Crippen molar-refractivity contribution < 1.29 is 13.2 Å². The van der Waals surface area contributed by atoms with E-state index in [1.807, 2.05) is 12.1 Å². The average Bonchev–Trinajstić information content (AvgIpc) is 2.61. The van der Waals surface area contributed by atoms with Crippen LogP contribution in [0, 0.1) is 0 Å². The molecule has 1 heterocycles. The smallest absolute Gasteiger partial charge is 0.248 e. The molecule has 3 rings (SSSR count). The summed E-state index contributed by atoms with van der Waals surface area (Å²) in [5.74, 6) is -0.782. The van der Waals surface area contributed by atoms with Crippen LogP contribution >= 0.6 is 0 Å². The van der Waals surface area contributed by atoms with Crippen LogP contribution in [0.25, 0.3) is 10.8 Å². The van der Waals surface area contributed by atoms with Crippen LogP contribution in [0.2, 0.25) is 0 Å². The van der Waals surface area contributed by atoms with E-state index in [9.17, 15) is 13.2 Å². The minimum absolute atomic E-state index is 0.262. The highest BCUT2D eigenvalue weighted by Gasteiger charge is 2.10. The van der Waals surface area contributed by atoms with Crippen LogP contribution in [0.15, 0.2) is 60.9 Å². The maximum Gasteiger partial charge on any atom is 0.248 e. The first-order valence-corrected chi connectivity index (χ1v) is 9.52. The molecular formula is C18H18N4O3S. The molecule has 4 N–H and O–H groups in total. The normalized spacial score (nSPS) is 11.4. The third-order valence-electron chi connectivity index (χ3n) is 3.75. The van der Waals surface area contributed by atoms with E-state index in [0.29, 0.717) is 17.8 Å². The van der Waals surface area contributed by atoms with Crippen molar-refractivity contribution in [1.29, 1.82) is 0 Å². The van der Waals surface area contributed by atoms with E-state index in [0.717, 1.165) is 16.3 Å². The van der Waals surface area contributed by atoms with Gasteiger partial charge in [0.25, 0.3) is 0 Å². The van der Waals surface area contributed by atoms with Gasteiger partial charge >= 0.3 is 0 Å². The fourth-order valence-electron chi connectivity index (χ4n) is 2.53. The number of nitrogens with zero attached hydrogens (tertiary/aromatic N) is 1. The number of hydrogen-bond donors (Lipinski definition) is 3. The van der Waals surface area contributed by atoms with Gasteiger partial charge in [0.1, 0.15) is 5.88 Å². The second-order valence-electron chi connectivity index (χ2n) is 5.79. The zero-order chi connectivity index (χ0) is 18.6. The number of carbonyl (C=O) groups excluding carboxylic acids is 1. The maximum absolute atomic E-state index is 12.2. The van der Waals surface area contributed by atoms with Crippen molar-refractivity contribution in [2.45, 2.75) is 6.54 Å². The second kappa shape index (κ2) is 7.51. The van der Waals surface area contributed by atoms with Crippen LogP contribution < -0.4 is 15.8 Å². The van der Waals surface area contributed by atoms with E-state index in [2.05, 4.69) is 15.0 Å².